The Hall–Kier alpha value is -2.06. The van der Waals surface area contributed by atoms with E-state index in [4.69, 9.17) is 9.05 Å². The second-order valence-electron chi connectivity index (χ2n) is 16.7. The number of unbranched alkanes of at least 4 members (excludes halogenated alkanes) is 18. The molecule has 0 fully saturated rings. The molecule has 0 aromatic rings. The normalized spacial score (nSPS) is 14.9. The molecule has 3 atom stereocenters. The monoisotopic (exact) mass is 833 g/mol. The molecule has 0 aromatic carbocycles. The molecular formula is C49H89N2O6P. The first-order valence-electron chi connectivity index (χ1n) is 23.3. The number of nitrogens with zero attached hydrogens (tertiary/aromatic N) is 1. The molecule has 0 aliphatic heterocycles. The molecule has 0 spiro atoms. The summed E-state index contributed by atoms with van der Waals surface area (Å²) in [5.74, 6) is -0.231. The van der Waals surface area contributed by atoms with Crippen molar-refractivity contribution in [3.05, 3.63) is 72.9 Å². The Kier molecular flexibility index (Phi) is 38.9. The second-order valence-corrected chi connectivity index (χ2v) is 18.1. The largest absolute Gasteiger partial charge is 0.756 e. The Morgan fingerprint density at radius 1 is 0.621 bits per heavy atom. The summed E-state index contributed by atoms with van der Waals surface area (Å²) in [6, 6.07) is -0.907. The summed E-state index contributed by atoms with van der Waals surface area (Å²) in [7, 11) is 1.23. The third-order valence-electron chi connectivity index (χ3n) is 9.92. The van der Waals surface area contributed by atoms with Crippen LogP contribution in [0.2, 0.25) is 0 Å². The minimum absolute atomic E-state index is 0.0113. The van der Waals surface area contributed by atoms with Crippen molar-refractivity contribution in [1.29, 1.82) is 0 Å². The molecule has 336 valence electrons. The van der Waals surface area contributed by atoms with E-state index >= 15 is 0 Å². The number of phosphoric ester groups is 1. The van der Waals surface area contributed by atoms with Crippen LogP contribution in [-0.2, 0) is 18.4 Å². The van der Waals surface area contributed by atoms with Gasteiger partial charge < -0.3 is 28.8 Å². The van der Waals surface area contributed by atoms with Gasteiger partial charge in [0, 0.05) is 6.42 Å². The first kappa shape index (κ1) is 55.9. The highest BCUT2D eigenvalue weighted by molar-refractivity contribution is 7.45. The first-order valence-corrected chi connectivity index (χ1v) is 24.8. The SMILES string of the molecule is CC/C=C\C/C=C\C/C=C\C/C=C\C/C=C\CCCCCC(=O)NC(COP(=O)([O-])OCC[N+](C)(C)C)C(O)/C=C/CCCCCCCCCCCCCCCCC. The third kappa shape index (κ3) is 42.1. The number of aliphatic hydroxyl groups is 1. The fourth-order valence-electron chi connectivity index (χ4n) is 6.24. The van der Waals surface area contributed by atoms with Crippen molar-refractivity contribution in [2.45, 2.75) is 193 Å². The molecule has 58 heavy (non-hydrogen) atoms. The fraction of sp³-hybridized carbons (Fsp3) is 0.735. The zero-order valence-corrected chi connectivity index (χ0v) is 38.9. The van der Waals surface area contributed by atoms with Gasteiger partial charge in [0.25, 0.3) is 7.82 Å². The van der Waals surface area contributed by atoms with E-state index in [1.165, 1.54) is 83.5 Å². The average molecular weight is 833 g/mol. The summed E-state index contributed by atoms with van der Waals surface area (Å²) in [6.45, 7) is 4.49. The summed E-state index contributed by atoms with van der Waals surface area (Å²) >= 11 is 0. The number of aliphatic hydroxyl groups excluding tert-OH is 1. The van der Waals surface area contributed by atoms with Crippen LogP contribution in [0, 0.1) is 0 Å². The Morgan fingerprint density at radius 2 is 1.05 bits per heavy atom. The fourth-order valence-corrected chi connectivity index (χ4v) is 6.96. The van der Waals surface area contributed by atoms with Crippen LogP contribution < -0.4 is 10.2 Å². The Morgan fingerprint density at radius 3 is 1.53 bits per heavy atom. The summed E-state index contributed by atoms with van der Waals surface area (Å²) in [4.78, 5) is 25.3. The van der Waals surface area contributed by atoms with Crippen molar-refractivity contribution in [2.75, 3.05) is 40.9 Å². The summed E-state index contributed by atoms with van der Waals surface area (Å²) < 4.78 is 23.2. The van der Waals surface area contributed by atoms with Gasteiger partial charge in [0.2, 0.25) is 5.91 Å². The molecule has 2 N–H and O–H groups in total. The number of quaternary nitrogens is 1. The molecular weight excluding hydrogens is 744 g/mol. The number of nitrogens with one attached hydrogen (secondary N) is 1. The average Bonchev–Trinajstić information content (AvgIpc) is 3.17. The molecule has 1 amide bonds. The van der Waals surface area contributed by atoms with Crippen molar-refractivity contribution >= 4 is 13.7 Å². The van der Waals surface area contributed by atoms with Gasteiger partial charge in [-0.05, 0) is 64.2 Å². The lowest BCUT2D eigenvalue weighted by atomic mass is 10.0. The van der Waals surface area contributed by atoms with Crippen LogP contribution in [0.15, 0.2) is 72.9 Å². The predicted octanol–water partition coefficient (Wildman–Crippen LogP) is 12.6. The van der Waals surface area contributed by atoms with E-state index in [1.54, 1.807) is 6.08 Å². The van der Waals surface area contributed by atoms with E-state index in [9.17, 15) is 19.4 Å². The standard InChI is InChI=1S/C49H89N2O6P/c1-6-8-10-12-14-16-18-20-22-24-25-27-29-31-33-35-37-39-41-43-49(53)50-47(46-57-58(54,55)56-45-44-51(3,4)5)48(52)42-40-38-36-34-32-30-28-26-23-21-19-17-15-13-11-9-7-2/h8,10,14,16,20,22,25,27,31,33,40,42,47-48,52H,6-7,9,11-13,15,17-19,21,23-24,26,28-30,32,34-39,41,43-46H2,1-5H3,(H-,50,53,54,55)/b10-8-,16-14-,22-20-,27-25-,33-31-,42-40+. The number of allylic oxidation sites excluding steroid dienone is 11. The van der Waals surface area contributed by atoms with Gasteiger partial charge in [0.05, 0.1) is 39.9 Å². The van der Waals surface area contributed by atoms with Crippen LogP contribution in [0.1, 0.15) is 181 Å². The maximum atomic E-state index is 12.9. The van der Waals surface area contributed by atoms with Gasteiger partial charge in [-0.15, -0.1) is 0 Å². The molecule has 0 rings (SSSR count). The lowest BCUT2D eigenvalue weighted by Crippen LogP contribution is -2.45. The molecule has 0 bridgehead atoms. The van der Waals surface area contributed by atoms with Crippen LogP contribution in [0.3, 0.4) is 0 Å². The molecule has 0 aromatic heterocycles. The van der Waals surface area contributed by atoms with Crippen LogP contribution in [0.4, 0.5) is 0 Å². The highest BCUT2D eigenvalue weighted by atomic mass is 31.2. The first-order chi connectivity index (χ1) is 28.0. The number of hydrogen-bond acceptors (Lipinski definition) is 6. The second kappa shape index (κ2) is 40.4. The van der Waals surface area contributed by atoms with Crippen LogP contribution in [-0.4, -0.2) is 68.5 Å². The topological polar surface area (TPSA) is 108 Å². The van der Waals surface area contributed by atoms with Gasteiger partial charge >= 0.3 is 0 Å². The molecule has 9 heteroatoms. The summed E-state index contributed by atoms with van der Waals surface area (Å²) in [5.41, 5.74) is 0. The molecule has 3 unspecified atom stereocenters. The van der Waals surface area contributed by atoms with Crippen molar-refractivity contribution < 1.29 is 32.9 Å². The maximum Gasteiger partial charge on any atom is 0.268 e. The molecule has 8 nitrogen and oxygen atoms in total. The zero-order valence-electron chi connectivity index (χ0n) is 38.0. The van der Waals surface area contributed by atoms with Gasteiger partial charge in [-0.2, -0.15) is 0 Å². The smallest absolute Gasteiger partial charge is 0.268 e. The van der Waals surface area contributed by atoms with Crippen molar-refractivity contribution in [1.82, 2.24) is 5.32 Å². The molecule has 0 radical (unpaired) electrons. The van der Waals surface area contributed by atoms with E-state index in [1.807, 2.05) is 27.2 Å². The highest BCUT2D eigenvalue weighted by Crippen LogP contribution is 2.38. The Bertz CT molecular complexity index is 1170. The van der Waals surface area contributed by atoms with Crippen LogP contribution in [0.5, 0.6) is 0 Å². The number of carbonyl (C=O) groups excluding carboxylic acids is 1. The van der Waals surface area contributed by atoms with Crippen molar-refractivity contribution in [2.24, 2.45) is 0 Å². The molecule has 0 saturated carbocycles. The number of hydrogen-bond donors (Lipinski definition) is 2. The highest BCUT2D eigenvalue weighted by Gasteiger charge is 2.23. The van der Waals surface area contributed by atoms with Crippen molar-refractivity contribution in [3.8, 4) is 0 Å². The van der Waals surface area contributed by atoms with E-state index < -0.39 is 26.6 Å². The lowest BCUT2D eigenvalue weighted by Gasteiger charge is -2.29. The van der Waals surface area contributed by atoms with Gasteiger partial charge in [-0.1, -0.05) is 183 Å². The predicted molar refractivity (Wildman–Crippen MR) is 247 cm³/mol. The molecule has 0 saturated heterocycles. The minimum atomic E-state index is -4.60. The van der Waals surface area contributed by atoms with E-state index in [0.717, 1.165) is 70.6 Å². The van der Waals surface area contributed by atoms with Gasteiger partial charge in [-0.25, -0.2) is 0 Å². The van der Waals surface area contributed by atoms with E-state index in [2.05, 4.69) is 79.9 Å². The van der Waals surface area contributed by atoms with Crippen LogP contribution >= 0.6 is 7.82 Å². The number of amides is 1. The quantitative estimate of drug-likeness (QED) is 0.0275. The van der Waals surface area contributed by atoms with Crippen molar-refractivity contribution in [3.63, 3.8) is 0 Å². The van der Waals surface area contributed by atoms with Gasteiger partial charge in [-0.3, -0.25) is 9.36 Å². The number of phosphoric acid groups is 1. The summed E-state index contributed by atoms with van der Waals surface area (Å²) in [5, 5.41) is 13.8. The summed E-state index contributed by atoms with van der Waals surface area (Å²) in [6.07, 6.45) is 53.7. The molecule has 0 heterocycles. The Balaban J connectivity index is 4.48. The minimum Gasteiger partial charge on any atom is -0.756 e. The zero-order chi connectivity index (χ0) is 42.8. The van der Waals surface area contributed by atoms with E-state index in [0.29, 0.717) is 23.9 Å². The van der Waals surface area contributed by atoms with E-state index in [-0.39, 0.29) is 12.5 Å². The van der Waals surface area contributed by atoms with Gasteiger partial charge in [0.1, 0.15) is 13.2 Å². The third-order valence-corrected chi connectivity index (χ3v) is 10.9. The molecule has 0 aliphatic carbocycles. The molecule has 0 aliphatic rings. The van der Waals surface area contributed by atoms with Gasteiger partial charge in [0.15, 0.2) is 0 Å². The maximum absolute atomic E-state index is 12.9. The number of rotatable bonds is 41. The Labute approximate surface area is 357 Å². The number of likely N-dealkylation sites (N-methyl/N-ethyl adjacent to an activating group) is 1. The van der Waals surface area contributed by atoms with Crippen LogP contribution in [0.25, 0.3) is 0 Å². The number of carbonyl (C=O) groups is 1. The lowest BCUT2D eigenvalue weighted by molar-refractivity contribution is -0.870.